The third kappa shape index (κ3) is 3.93. The number of nitrogens with zero attached hydrogens (tertiary/aromatic N) is 3. The molecular weight excluding hydrogens is 350 g/mol. The zero-order chi connectivity index (χ0) is 18.8. The first-order chi connectivity index (χ1) is 13.9. The van der Waals surface area contributed by atoms with Gasteiger partial charge >= 0.3 is 0 Å². The predicted octanol–water partition coefficient (Wildman–Crippen LogP) is 3.54. The molecule has 4 heterocycles. The van der Waals surface area contributed by atoms with Crippen molar-refractivity contribution >= 4 is 10.9 Å². The molecule has 3 saturated heterocycles. The third-order valence-corrected chi connectivity index (χ3v) is 6.78. The van der Waals surface area contributed by atoms with Crippen LogP contribution in [0.15, 0.2) is 30.5 Å². The van der Waals surface area contributed by atoms with Gasteiger partial charge in [-0.3, -0.25) is 0 Å². The van der Waals surface area contributed by atoms with Crippen LogP contribution in [0.25, 0.3) is 10.9 Å². The summed E-state index contributed by atoms with van der Waals surface area (Å²) in [4.78, 5) is 5.23. The summed E-state index contributed by atoms with van der Waals surface area (Å²) in [5.41, 5.74) is 1.27. The van der Waals surface area contributed by atoms with Gasteiger partial charge in [-0.25, -0.2) is 0 Å². The maximum absolute atomic E-state index is 6.49. The lowest BCUT2D eigenvalue weighted by molar-refractivity contribution is 0.0960. The molecule has 28 heavy (non-hydrogen) atoms. The Kier molecular flexibility index (Phi) is 5.56. The van der Waals surface area contributed by atoms with Gasteiger partial charge in [0.25, 0.3) is 0 Å². The molecule has 5 heteroatoms. The molecule has 3 aliphatic heterocycles. The molecule has 152 valence electrons. The number of hydrogen-bond donors (Lipinski definition) is 0. The lowest BCUT2D eigenvalue weighted by Gasteiger charge is -2.33. The molecule has 0 saturated carbocycles. The Morgan fingerprint density at radius 3 is 2.46 bits per heavy atom. The minimum absolute atomic E-state index is 0.340. The highest BCUT2D eigenvalue weighted by atomic mass is 16.5. The number of benzene rings is 1. The van der Waals surface area contributed by atoms with Crippen molar-refractivity contribution in [3.63, 3.8) is 0 Å². The van der Waals surface area contributed by atoms with Crippen molar-refractivity contribution in [2.45, 2.75) is 44.2 Å². The number of aromatic nitrogens is 1. The molecule has 1 unspecified atom stereocenters. The highest BCUT2D eigenvalue weighted by molar-refractivity contribution is 5.86. The van der Waals surface area contributed by atoms with E-state index < -0.39 is 0 Å². The topological polar surface area (TPSA) is 29.9 Å². The van der Waals surface area contributed by atoms with Crippen LogP contribution in [0.1, 0.15) is 38.1 Å². The highest BCUT2D eigenvalue weighted by Crippen LogP contribution is 2.32. The molecule has 3 fully saturated rings. The zero-order valence-electron chi connectivity index (χ0n) is 16.9. The minimum Gasteiger partial charge on any atom is -0.490 e. The number of piperidine rings is 1. The summed E-state index contributed by atoms with van der Waals surface area (Å²) in [6.45, 7) is 9.08. The standard InChI is InChI=1S/C23H33N3O2/c1-2-11-24(10-1)15-16-25-12-6-20(7-13-25)28-23-5-3-4-22-21(23)8-14-26(22)19-9-17-27-18-19/h3-5,8,14,19-20H,1-2,6-7,9-13,15-18H2. The van der Waals surface area contributed by atoms with Crippen LogP contribution in [0.4, 0.5) is 0 Å². The lowest BCUT2D eigenvalue weighted by atomic mass is 10.1. The zero-order valence-corrected chi connectivity index (χ0v) is 16.9. The van der Waals surface area contributed by atoms with Crippen LogP contribution in [0.2, 0.25) is 0 Å². The highest BCUT2D eigenvalue weighted by Gasteiger charge is 2.23. The fourth-order valence-electron chi connectivity index (χ4n) is 5.04. The van der Waals surface area contributed by atoms with Crippen LogP contribution < -0.4 is 4.74 Å². The molecule has 0 N–H and O–H groups in total. The van der Waals surface area contributed by atoms with Crippen molar-refractivity contribution in [2.75, 3.05) is 52.5 Å². The van der Waals surface area contributed by atoms with Crippen LogP contribution in [-0.4, -0.2) is 73.0 Å². The second-order valence-corrected chi connectivity index (χ2v) is 8.64. The quantitative estimate of drug-likeness (QED) is 0.763. The Bertz CT molecular complexity index is 769. The monoisotopic (exact) mass is 383 g/mol. The number of ether oxygens (including phenoxy) is 2. The van der Waals surface area contributed by atoms with E-state index in [1.54, 1.807) is 0 Å². The van der Waals surface area contributed by atoms with E-state index >= 15 is 0 Å². The Labute approximate surface area is 168 Å². The Morgan fingerprint density at radius 1 is 0.929 bits per heavy atom. The van der Waals surface area contributed by atoms with Crippen LogP contribution in [0.3, 0.4) is 0 Å². The smallest absolute Gasteiger partial charge is 0.129 e. The Morgan fingerprint density at radius 2 is 1.71 bits per heavy atom. The number of rotatable bonds is 6. The largest absolute Gasteiger partial charge is 0.490 e. The SMILES string of the molecule is c1cc(OC2CCN(CCN3CCCC3)CC2)c2ccn(C3CCOC3)c2c1. The molecule has 1 atom stereocenters. The number of likely N-dealkylation sites (tertiary alicyclic amines) is 2. The van der Waals surface area contributed by atoms with E-state index in [1.165, 1.54) is 49.9 Å². The Hall–Kier alpha value is -1.56. The summed E-state index contributed by atoms with van der Waals surface area (Å²) in [5.74, 6) is 1.05. The maximum atomic E-state index is 6.49. The van der Waals surface area contributed by atoms with Crippen LogP contribution in [-0.2, 0) is 4.74 Å². The molecule has 0 radical (unpaired) electrons. The number of hydrogen-bond acceptors (Lipinski definition) is 4. The van der Waals surface area contributed by atoms with Crippen molar-refractivity contribution in [3.05, 3.63) is 30.5 Å². The van der Waals surface area contributed by atoms with Gasteiger partial charge in [-0.15, -0.1) is 0 Å². The molecule has 5 rings (SSSR count). The minimum atomic E-state index is 0.340. The van der Waals surface area contributed by atoms with E-state index in [1.807, 2.05) is 0 Å². The van der Waals surface area contributed by atoms with Gasteiger partial charge in [-0.2, -0.15) is 0 Å². The Balaban J connectivity index is 1.18. The van der Waals surface area contributed by atoms with Gasteiger partial charge in [-0.05, 0) is 63.4 Å². The number of fused-ring (bicyclic) bond motifs is 1. The summed E-state index contributed by atoms with van der Waals surface area (Å²) < 4.78 is 14.4. The summed E-state index contributed by atoms with van der Waals surface area (Å²) in [5, 5.41) is 1.24. The molecule has 1 aromatic heterocycles. The van der Waals surface area contributed by atoms with Gasteiger partial charge in [0.1, 0.15) is 11.9 Å². The second-order valence-electron chi connectivity index (χ2n) is 8.64. The van der Waals surface area contributed by atoms with Crippen LogP contribution >= 0.6 is 0 Å². The first-order valence-corrected chi connectivity index (χ1v) is 11.2. The van der Waals surface area contributed by atoms with E-state index in [0.717, 1.165) is 51.3 Å². The summed E-state index contributed by atoms with van der Waals surface area (Å²) in [7, 11) is 0. The van der Waals surface area contributed by atoms with Crippen molar-refractivity contribution in [1.29, 1.82) is 0 Å². The molecule has 1 aromatic carbocycles. The normalized spacial score (nSPS) is 25.1. The summed E-state index contributed by atoms with van der Waals surface area (Å²) in [6.07, 6.45) is 8.68. The molecule has 5 nitrogen and oxygen atoms in total. The van der Waals surface area contributed by atoms with Gasteiger partial charge in [0.05, 0.1) is 18.2 Å². The molecule has 3 aliphatic rings. The fourth-order valence-corrected chi connectivity index (χ4v) is 5.04. The summed E-state index contributed by atoms with van der Waals surface area (Å²) >= 11 is 0. The van der Waals surface area contributed by atoms with Crippen molar-refractivity contribution in [3.8, 4) is 5.75 Å². The van der Waals surface area contributed by atoms with Gasteiger partial charge in [0.2, 0.25) is 0 Å². The maximum Gasteiger partial charge on any atom is 0.129 e. The molecule has 2 aromatic rings. The van der Waals surface area contributed by atoms with Gasteiger partial charge in [0.15, 0.2) is 0 Å². The molecule has 0 aliphatic carbocycles. The molecule has 0 amide bonds. The van der Waals surface area contributed by atoms with E-state index in [9.17, 15) is 0 Å². The van der Waals surface area contributed by atoms with Crippen LogP contribution in [0.5, 0.6) is 5.75 Å². The first kappa shape index (κ1) is 18.5. The summed E-state index contributed by atoms with van der Waals surface area (Å²) in [6, 6.07) is 9.16. The third-order valence-electron chi connectivity index (χ3n) is 6.78. The average Bonchev–Trinajstić information content (AvgIpc) is 3.48. The van der Waals surface area contributed by atoms with E-state index in [0.29, 0.717) is 12.1 Å². The second kappa shape index (κ2) is 8.44. The van der Waals surface area contributed by atoms with E-state index in [2.05, 4.69) is 44.8 Å². The van der Waals surface area contributed by atoms with Crippen molar-refractivity contribution in [2.24, 2.45) is 0 Å². The molecule has 0 spiro atoms. The van der Waals surface area contributed by atoms with Crippen molar-refractivity contribution in [1.82, 2.24) is 14.4 Å². The van der Waals surface area contributed by atoms with Crippen molar-refractivity contribution < 1.29 is 9.47 Å². The first-order valence-electron chi connectivity index (χ1n) is 11.2. The molecule has 0 bridgehead atoms. The van der Waals surface area contributed by atoms with Gasteiger partial charge in [0, 0.05) is 44.4 Å². The van der Waals surface area contributed by atoms with Crippen LogP contribution in [0, 0.1) is 0 Å². The predicted molar refractivity (Wildman–Crippen MR) is 112 cm³/mol. The molecular formula is C23H33N3O2. The average molecular weight is 384 g/mol. The van der Waals surface area contributed by atoms with Gasteiger partial charge < -0.3 is 23.8 Å². The lowest BCUT2D eigenvalue weighted by Crippen LogP contribution is -2.41. The fraction of sp³-hybridized carbons (Fsp3) is 0.652. The van der Waals surface area contributed by atoms with E-state index in [-0.39, 0.29) is 0 Å². The van der Waals surface area contributed by atoms with E-state index in [4.69, 9.17) is 9.47 Å². The van der Waals surface area contributed by atoms with Gasteiger partial charge in [-0.1, -0.05) is 6.07 Å².